The van der Waals surface area contributed by atoms with Crippen LogP contribution >= 0.6 is 12.2 Å². The summed E-state index contributed by atoms with van der Waals surface area (Å²) in [6.07, 6.45) is 2.92. The average molecular weight is 448 g/mol. The maximum Gasteiger partial charge on any atom is 0.170 e. The van der Waals surface area contributed by atoms with Crippen LogP contribution in [0.4, 0.5) is 0 Å². The number of nitrogens with one attached hydrogen (secondary N) is 1. The first-order valence-electron chi connectivity index (χ1n) is 11.3. The third kappa shape index (κ3) is 4.71. The molecule has 1 fully saturated rings. The van der Waals surface area contributed by atoms with Crippen molar-refractivity contribution in [2.24, 2.45) is 0 Å². The summed E-state index contributed by atoms with van der Waals surface area (Å²) in [7, 11) is 4.23. The topological polar surface area (TPSA) is 36.3 Å². The molecule has 0 saturated carbocycles. The lowest BCUT2D eigenvalue weighted by Crippen LogP contribution is -2.32. The van der Waals surface area contributed by atoms with Crippen LogP contribution < -0.4 is 5.32 Å². The number of rotatable bonds is 8. The summed E-state index contributed by atoms with van der Waals surface area (Å²) in [6, 6.07) is 19.3. The molecule has 0 spiro atoms. The fourth-order valence-electron chi connectivity index (χ4n) is 4.68. The van der Waals surface area contributed by atoms with E-state index in [1.165, 1.54) is 22.5 Å². The Bertz CT molecular complexity index is 1040. The lowest BCUT2D eigenvalue weighted by atomic mass is 9.96. The predicted molar refractivity (Wildman–Crippen MR) is 135 cm³/mol. The van der Waals surface area contributed by atoms with Crippen LogP contribution in [0.2, 0.25) is 0 Å². The highest BCUT2D eigenvalue weighted by molar-refractivity contribution is 7.80. The normalized spacial score (nSPS) is 18.4. The Morgan fingerprint density at radius 2 is 1.81 bits per heavy atom. The molecule has 2 atom stereocenters. The quantitative estimate of drug-likeness (QED) is 0.516. The van der Waals surface area contributed by atoms with E-state index in [1.54, 1.807) is 0 Å². The third-order valence-corrected chi connectivity index (χ3v) is 6.67. The molecule has 6 heteroatoms. The lowest BCUT2D eigenvalue weighted by Gasteiger charge is -2.28. The van der Waals surface area contributed by atoms with Crippen molar-refractivity contribution in [2.75, 3.05) is 27.2 Å². The molecule has 168 valence electrons. The van der Waals surface area contributed by atoms with E-state index in [4.69, 9.17) is 12.2 Å². The van der Waals surface area contributed by atoms with Gasteiger partial charge in [0.1, 0.15) is 0 Å². The SMILES string of the molecule is Cc1cc([C@H]2[C@@H](c3ccccn3)NC(=S)N2CCCN(C)C)c(C)n1Cc1ccccc1. The third-order valence-electron chi connectivity index (χ3n) is 6.32. The largest absolute Gasteiger partial charge is 0.352 e. The molecule has 0 bridgehead atoms. The molecule has 32 heavy (non-hydrogen) atoms. The lowest BCUT2D eigenvalue weighted by molar-refractivity contribution is 0.292. The molecule has 3 aromatic rings. The van der Waals surface area contributed by atoms with Crippen LogP contribution in [-0.2, 0) is 6.54 Å². The van der Waals surface area contributed by atoms with Crippen molar-refractivity contribution in [2.45, 2.75) is 38.9 Å². The van der Waals surface area contributed by atoms with Crippen molar-refractivity contribution >= 4 is 17.3 Å². The number of nitrogens with zero attached hydrogens (tertiary/aromatic N) is 4. The Labute approximate surface area is 197 Å². The number of benzene rings is 1. The van der Waals surface area contributed by atoms with E-state index in [1.807, 2.05) is 12.3 Å². The summed E-state index contributed by atoms with van der Waals surface area (Å²) in [5.74, 6) is 0. The molecule has 2 aromatic heterocycles. The van der Waals surface area contributed by atoms with E-state index in [0.29, 0.717) is 0 Å². The van der Waals surface area contributed by atoms with E-state index in [-0.39, 0.29) is 12.1 Å². The second kappa shape index (κ2) is 9.84. The standard InChI is InChI=1S/C26H33N5S/c1-19-17-22(20(2)31(19)18-21-11-6-5-7-12-21)25-24(23-13-8-9-14-27-23)28-26(32)30(25)16-10-15-29(3)4/h5-9,11-14,17,24-25H,10,15-16,18H2,1-4H3,(H,28,32)/t24-,25+/m1/s1. The summed E-state index contributed by atoms with van der Waals surface area (Å²) in [4.78, 5) is 9.27. The van der Waals surface area contributed by atoms with Crippen LogP contribution in [0.15, 0.2) is 60.8 Å². The van der Waals surface area contributed by atoms with E-state index in [0.717, 1.165) is 36.9 Å². The van der Waals surface area contributed by atoms with Gasteiger partial charge in [0.05, 0.1) is 17.8 Å². The number of thiocarbonyl (C=S) groups is 1. The van der Waals surface area contributed by atoms with Crippen LogP contribution in [0.25, 0.3) is 0 Å². The van der Waals surface area contributed by atoms with E-state index in [2.05, 4.69) is 101 Å². The Hall–Kier alpha value is -2.70. The molecular weight excluding hydrogens is 414 g/mol. The smallest absolute Gasteiger partial charge is 0.170 e. The van der Waals surface area contributed by atoms with Crippen LogP contribution in [0.5, 0.6) is 0 Å². The van der Waals surface area contributed by atoms with Gasteiger partial charge in [0.25, 0.3) is 0 Å². The number of hydrogen-bond donors (Lipinski definition) is 1. The second-order valence-corrected chi connectivity index (χ2v) is 9.26. The molecule has 1 aliphatic heterocycles. The molecule has 3 heterocycles. The van der Waals surface area contributed by atoms with Crippen molar-refractivity contribution in [3.8, 4) is 0 Å². The Morgan fingerprint density at radius 1 is 1.06 bits per heavy atom. The van der Waals surface area contributed by atoms with Gasteiger partial charge in [-0.2, -0.15) is 0 Å². The van der Waals surface area contributed by atoms with Crippen LogP contribution in [0.1, 0.15) is 46.7 Å². The van der Waals surface area contributed by atoms with Crippen LogP contribution in [-0.4, -0.2) is 51.6 Å². The summed E-state index contributed by atoms with van der Waals surface area (Å²) in [5.41, 5.74) is 6.23. The second-order valence-electron chi connectivity index (χ2n) is 8.88. The van der Waals surface area contributed by atoms with Gasteiger partial charge >= 0.3 is 0 Å². The zero-order chi connectivity index (χ0) is 22.7. The molecular formula is C26H33N5S. The molecule has 0 radical (unpaired) electrons. The zero-order valence-corrected chi connectivity index (χ0v) is 20.3. The summed E-state index contributed by atoms with van der Waals surface area (Å²) in [6.45, 7) is 7.26. The summed E-state index contributed by atoms with van der Waals surface area (Å²) < 4.78 is 2.42. The van der Waals surface area contributed by atoms with E-state index < -0.39 is 0 Å². The van der Waals surface area contributed by atoms with Gasteiger partial charge in [0.2, 0.25) is 0 Å². The van der Waals surface area contributed by atoms with Crippen LogP contribution in [0.3, 0.4) is 0 Å². The summed E-state index contributed by atoms with van der Waals surface area (Å²) in [5, 5.41) is 4.40. The van der Waals surface area contributed by atoms with Crippen molar-refractivity contribution in [3.05, 3.63) is 89.0 Å². The van der Waals surface area contributed by atoms with E-state index in [9.17, 15) is 0 Å². The monoisotopic (exact) mass is 447 g/mol. The van der Waals surface area contributed by atoms with Crippen molar-refractivity contribution in [1.29, 1.82) is 0 Å². The number of hydrogen-bond acceptors (Lipinski definition) is 3. The molecule has 5 nitrogen and oxygen atoms in total. The first kappa shape index (κ1) is 22.5. The summed E-state index contributed by atoms with van der Waals surface area (Å²) >= 11 is 5.83. The highest BCUT2D eigenvalue weighted by Crippen LogP contribution is 2.41. The van der Waals surface area contributed by atoms with E-state index >= 15 is 0 Å². The first-order chi connectivity index (χ1) is 15.5. The number of aryl methyl sites for hydroxylation is 1. The fourth-order valence-corrected chi connectivity index (χ4v) is 5.01. The van der Waals surface area contributed by atoms with Gasteiger partial charge in [-0.1, -0.05) is 36.4 Å². The van der Waals surface area contributed by atoms with Crippen molar-refractivity contribution < 1.29 is 0 Å². The van der Waals surface area contributed by atoms with Crippen molar-refractivity contribution in [3.63, 3.8) is 0 Å². The van der Waals surface area contributed by atoms with Gasteiger partial charge in [-0.3, -0.25) is 4.98 Å². The number of aromatic nitrogens is 2. The molecule has 0 amide bonds. The fraction of sp³-hybridized carbons (Fsp3) is 0.385. The van der Waals surface area contributed by atoms with Gasteiger partial charge in [-0.15, -0.1) is 0 Å². The Balaban J connectivity index is 1.70. The highest BCUT2D eigenvalue weighted by Gasteiger charge is 2.41. The van der Waals surface area contributed by atoms with Crippen LogP contribution in [0, 0.1) is 13.8 Å². The van der Waals surface area contributed by atoms with Crippen molar-refractivity contribution in [1.82, 2.24) is 24.7 Å². The minimum absolute atomic E-state index is 0.0359. The number of pyridine rings is 1. The predicted octanol–water partition coefficient (Wildman–Crippen LogP) is 4.47. The molecule has 1 aromatic carbocycles. The maximum atomic E-state index is 5.83. The van der Waals surface area contributed by atoms with Gasteiger partial charge in [0.15, 0.2) is 5.11 Å². The average Bonchev–Trinajstić information content (AvgIpc) is 3.25. The minimum atomic E-state index is 0.0359. The molecule has 4 rings (SSSR count). The molecule has 1 aliphatic rings. The minimum Gasteiger partial charge on any atom is -0.352 e. The van der Waals surface area contributed by atoms with Gasteiger partial charge in [-0.25, -0.2) is 0 Å². The van der Waals surface area contributed by atoms with Gasteiger partial charge in [0, 0.05) is 30.7 Å². The van der Waals surface area contributed by atoms with Gasteiger partial charge < -0.3 is 19.7 Å². The maximum absolute atomic E-state index is 5.83. The Kier molecular flexibility index (Phi) is 6.92. The Morgan fingerprint density at radius 3 is 2.50 bits per heavy atom. The molecule has 1 N–H and O–H groups in total. The van der Waals surface area contributed by atoms with Gasteiger partial charge in [-0.05, 0) is 82.5 Å². The highest BCUT2D eigenvalue weighted by atomic mass is 32.1. The zero-order valence-electron chi connectivity index (χ0n) is 19.5. The molecule has 0 unspecified atom stereocenters. The molecule has 0 aliphatic carbocycles. The molecule has 1 saturated heterocycles. The first-order valence-corrected chi connectivity index (χ1v) is 11.7.